The van der Waals surface area contributed by atoms with E-state index in [0.29, 0.717) is 6.61 Å². The molecule has 0 N–H and O–H groups in total. The van der Waals surface area contributed by atoms with Gasteiger partial charge in [0.2, 0.25) is 0 Å². The molecule has 0 radical (unpaired) electrons. The Morgan fingerprint density at radius 3 is 2.87 bits per heavy atom. The van der Waals surface area contributed by atoms with E-state index in [1.165, 1.54) is 9.69 Å². The Bertz CT molecular complexity index is 358. The van der Waals surface area contributed by atoms with E-state index in [1.54, 1.807) is 6.92 Å². The number of hydrogen-bond donors (Lipinski definition) is 0. The summed E-state index contributed by atoms with van der Waals surface area (Å²) in [6.45, 7) is 2.23. The number of rotatable bonds is 4. The fourth-order valence-corrected chi connectivity index (χ4v) is 2.83. The quantitative estimate of drug-likeness (QED) is 0.479. The molecule has 0 amide bonds. The van der Waals surface area contributed by atoms with E-state index in [1.807, 2.05) is 24.3 Å². The van der Waals surface area contributed by atoms with Crippen molar-refractivity contribution < 1.29 is 9.53 Å². The number of benzene rings is 1. The number of carbonyl (C=O) groups excluding carboxylic acids is 1. The molecule has 0 heterocycles. The molecule has 0 aliphatic heterocycles. The number of carbonyl (C=O) groups is 1. The van der Waals surface area contributed by atoms with Crippen molar-refractivity contribution in [2.75, 3.05) is 6.61 Å². The Morgan fingerprint density at radius 1 is 1.47 bits per heavy atom. The number of ether oxygens (including phenoxy) is 1. The molecule has 0 bridgehead atoms. The van der Waals surface area contributed by atoms with Crippen LogP contribution in [0.3, 0.4) is 0 Å². The molecule has 80 valence electrons. The fraction of sp³-hybridized carbons (Fsp3) is 0.250. The molecule has 3 heteroatoms. The van der Waals surface area contributed by atoms with E-state index >= 15 is 0 Å². The summed E-state index contributed by atoms with van der Waals surface area (Å²) in [4.78, 5) is 13.3. The maximum atomic E-state index is 11.1. The van der Waals surface area contributed by atoms with Crippen molar-refractivity contribution in [3.8, 4) is 0 Å². The second kappa shape index (κ2) is 6.66. The topological polar surface area (TPSA) is 26.3 Å². The molecular formula is C12H14O2Te. The molecule has 0 saturated carbocycles. The van der Waals surface area contributed by atoms with Crippen molar-refractivity contribution in [2.24, 2.45) is 0 Å². The van der Waals surface area contributed by atoms with Crippen LogP contribution in [-0.2, 0) is 9.53 Å². The SMILES string of the molecule is CCOC(=O)/C=C/c1ccccc1[Te]C. The first-order chi connectivity index (χ1) is 7.27. The molecule has 15 heavy (non-hydrogen) atoms. The molecule has 1 aromatic carbocycles. The van der Waals surface area contributed by atoms with Crippen LogP contribution in [0.4, 0.5) is 0 Å². The molecule has 1 aromatic rings. The molecule has 0 aliphatic carbocycles. The summed E-state index contributed by atoms with van der Waals surface area (Å²) in [5, 5.41) is 0. The molecule has 0 aliphatic rings. The van der Waals surface area contributed by atoms with Crippen LogP contribution in [0.25, 0.3) is 6.08 Å². The molecule has 0 saturated heterocycles. The standard InChI is InChI=1S/C12H14O2Te/c1-3-14-12(13)9-8-10-6-4-5-7-11(10)15-2/h4-9H,3H2,1-2H3/b9-8+. The van der Waals surface area contributed by atoms with Crippen molar-refractivity contribution in [1.82, 2.24) is 0 Å². The Morgan fingerprint density at radius 2 is 2.20 bits per heavy atom. The van der Waals surface area contributed by atoms with Crippen molar-refractivity contribution in [2.45, 2.75) is 11.9 Å². The van der Waals surface area contributed by atoms with E-state index < -0.39 is 0 Å². The van der Waals surface area contributed by atoms with Crippen LogP contribution in [0.15, 0.2) is 30.3 Å². The van der Waals surface area contributed by atoms with E-state index in [2.05, 4.69) is 11.0 Å². The third-order valence-corrected chi connectivity index (χ3v) is 4.14. The summed E-state index contributed by atoms with van der Waals surface area (Å²) in [5.41, 5.74) is 1.13. The molecule has 0 spiro atoms. The first-order valence-electron chi connectivity index (χ1n) is 4.75. The third kappa shape index (κ3) is 4.07. The number of esters is 1. The van der Waals surface area contributed by atoms with E-state index in [4.69, 9.17) is 4.74 Å². The Hall–Kier alpha value is -0.780. The van der Waals surface area contributed by atoms with Crippen LogP contribution >= 0.6 is 0 Å². The Balaban J connectivity index is 2.75. The van der Waals surface area contributed by atoms with Gasteiger partial charge in [-0.3, -0.25) is 0 Å². The maximum absolute atomic E-state index is 11.1. The molecule has 2 nitrogen and oxygen atoms in total. The van der Waals surface area contributed by atoms with Gasteiger partial charge < -0.3 is 0 Å². The molecule has 0 aromatic heterocycles. The molecule has 0 fully saturated rings. The predicted molar refractivity (Wildman–Crippen MR) is 63.4 cm³/mol. The summed E-state index contributed by atoms with van der Waals surface area (Å²) < 4.78 is 6.19. The fourth-order valence-electron chi connectivity index (χ4n) is 1.15. The van der Waals surface area contributed by atoms with E-state index in [0.717, 1.165) is 5.56 Å². The van der Waals surface area contributed by atoms with Crippen molar-refractivity contribution >= 4 is 36.6 Å². The van der Waals surface area contributed by atoms with Gasteiger partial charge in [-0.15, -0.1) is 0 Å². The van der Waals surface area contributed by atoms with Gasteiger partial charge in [0.05, 0.1) is 0 Å². The van der Waals surface area contributed by atoms with Gasteiger partial charge in [0, 0.05) is 0 Å². The summed E-state index contributed by atoms with van der Waals surface area (Å²) in [6, 6.07) is 8.16. The van der Waals surface area contributed by atoms with Crippen LogP contribution in [0.5, 0.6) is 0 Å². The zero-order chi connectivity index (χ0) is 11.1. The first kappa shape index (κ1) is 12.3. The average Bonchev–Trinajstić information content (AvgIpc) is 2.27. The van der Waals surface area contributed by atoms with Crippen LogP contribution in [0, 0.1) is 0 Å². The zero-order valence-corrected chi connectivity index (χ0v) is 11.2. The summed E-state index contributed by atoms with van der Waals surface area (Å²) in [7, 11) is 0. The van der Waals surface area contributed by atoms with Gasteiger partial charge in [-0.2, -0.15) is 0 Å². The molecule has 0 unspecified atom stereocenters. The molecular weight excluding hydrogens is 304 g/mol. The van der Waals surface area contributed by atoms with Crippen molar-refractivity contribution in [3.05, 3.63) is 35.9 Å². The van der Waals surface area contributed by atoms with Gasteiger partial charge in [0.15, 0.2) is 0 Å². The van der Waals surface area contributed by atoms with Gasteiger partial charge >= 0.3 is 101 Å². The van der Waals surface area contributed by atoms with Crippen molar-refractivity contribution in [3.63, 3.8) is 0 Å². The van der Waals surface area contributed by atoms with Crippen LogP contribution in [0.1, 0.15) is 12.5 Å². The van der Waals surface area contributed by atoms with Gasteiger partial charge in [-0.1, -0.05) is 0 Å². The minimum absolute atomic E-state index is 0.123. The second-order valence-electron chi connectivity index (χ2n) is 2.83. The zero-order valence-electron chi connectivity index (χ0n) is 8.90. The number of hydrogen-bond acceptors (Lipinski definition) is 2. The van der Waals surface area contributed by atoms with Crippen LogP contribution in [0.2, 0.25) is 4.97 Å². The minimum atomic E-state index is -0.274. The average molecular weight is 318 g/mol. The summed E-state index contributed by atoms with van der Waals surface area (Å²) >= 11 is -0.123. The molecule has 1 rings (SSSR count). The summed E-state index contributed by atoms with van der Waals surface area (Å²) in [5.74, 6) is -0.274. The second-order valence-corrected chi connectivity index (χ2v) is 5.25. The van der Waals surface area contributed by atoms with Crippen LogP contribution < -0.4 is 3.61 Å². The Labute approximate surface area is 100 Å². The van der Waals surface area contributed by atoms with Gasteiger partial charge in [-0.05, 0) is 0 Å². The van der Waals surface area contributed by atoms with Gasteiger partial charge in [0.25, 0.3) is 0 Å². The monoisotopic (exact) mass is 320 g/mol. The van der Waals surface area contributed by atoms with Gasteiger partial charge in [0.1, 0.15) is 0 Å². The third-order valence-electron chi connectivity index (χ3n) is 1.82. The van der Waals surface area contributed by atoms with E-state index in [-0.39, 0.29) is 26.9 Å². The summed E-state index contributed by atoms with van der Waals surface area (Å²) in [6.07, 6.45) is 3.33. The first-order valence-corrected chi connectivity index (χ1v) is 8.25. The van der Waals surface area contributed by atoms with Gasteiger partial charge in [-0.25, -0.2) is 0 Å². The predicted octanol–water partition coefficient (Wildman–Crippen LogP) is 1.64. The normalized spacial score (nSPS) is 10.5. The van der Waals surface area contributed by atoms with Crippen LogP contribution in [-0.4, -0.2) is 33.5 Å². The van der Waals surface area contributed by atoms with E-state index in [9.17, 15) is 4.79 Å². The van der Waals surface area contributed by atoms with Crippen molar-refractivity contribution in [1.29, 1.82) is 0 Å². The Kier molecular flexibility index (Phi) is 5.45. The molecule has 0 atom stereocenters.